The highest BCUT2D eigenvalue weighted by molar-refractivity contribution is 7.98. The number of carbonyl (C=O) groups excluding carboxylic acids is 2. The van der Waals surface area contributed by atoms with Gasteiger partial charge < -0.3 is 15.1 Å². The van der Waals surface area contributed by atoms with Crippen LogP contribution in [0.15, 0.2) is 47.1 Å². The first-order valence-corrected chi connectivity index (χ1v) is 9.22. The Morgan fingerprint density at radius 1 is 1.08 bits per heavy atom. The minimum atomic E-state index is -0.282. The van der Waals surface area contributed by atoms with Crippen molar-refractivity contribution in [1.82, 2.24) is 10.6 Å². The van der Waals surface area contributed by atoms with Gasteiger partial charge in [0.1, 0.15) is 5.82 Å². The molecule has 25 heavy (non-hydrogen) atoms. The van der Waals surface area contributed by atoms with E-state index in [9.17, 15) is 14.0 Å². The van der Waals surface area contributed by atoms with E-state index in [0.717, 1.165) is 5.75 Å². The Kier molecular flexibility index (Phi) is 8.04. The summed E-state index contributed by atoms with van der Waals surface area (Å²) in [6.07, 6.45) is 2.34. The molecule has 134 valence electrons. The van der Waals surface area contributed by atoms with Crippen LogP contribution in [0.4, 0.5) is 4.39 Å². The molecule has 0 aliphatic carbocycles. The van der Waals surface area contributed by atoms with Gasteiger partial charge in [0.2, 0.25) is 5.91 Å². The van der Waals surface area contributed by atoms with Crippen molar-refractivity contribution in [3.63, 3.8) is 0 Å². The van der Waals surface area contributed by atoms with Crippen molar-refractivity contribution in [1.29, 1.82) is 0 Å². The topological polar surface area (TPSA) is 71.3 Å². The molecule has 0 aliphatic heterocycles. The molecule has 0 unspecified atom stereocenters. The molecular formula is C18H21FN2O3S. The second-order valence-corrected chi connectivity index (χ2v) is 6.44. The fraction of sp³-hybridized carbons (Fsp3) is 0.333. The number of amides is 2. The summed E-state index contributed by atoms with van der Waals surface area (Å²) < 4.78 is 18.4. The Morgan fingerprint density at radius 3 is 2.68 bits per heavy atom. The summed E-state index contributed by atoms with van der Waals surface area (Å²) in [4.78, 5) is 23.3. The first-order valence-electron chi connectivity index (χ1n) is 8.06. The molecular weight excluding hydrogens is 343 g/mol. The summed E-state index contributed by atoms with van der Waals surface area (Å²) in [7, 11) is 0. The number of halogens is 1. The Balaban J connectivity index is 1.48. The van der Waals surface area contributed by atoms with Crippen molar-refractivity contribution in [2.75, 3.05) is 18.8 Å². The van der Waals surface area contributed by atoms with Crippen molar-refractivity contribution >= 4 is 23.6 Å². The lowest BCUT2D eigenvalue weighted by Gasteiger charge is -2.06. The van der Waals surface area contributed by atoms with Crippen LogP contribution in [0.5, 0.6) is 0 Å². The van der Waals surface area contributed by atoms with E-state index in [4.69, 9.17) is 4.42 Å². The van der Waals surface area contributed by atoms with Gasteiger partial charge in [-0.15, -0.1) is 0 Å². The average Bonchev–Trinajstić information content (AvgIpc) is 3.14. The van der Waals surface area contributed by atoms with Crippen LogP contribution in [-0.4, -0.2) is 30.7 Å². The molecule has 2 rings (SSSR count). The van der Waals surface area contributed by atoms with Crippen LogP contribution >= 0.6 is 11.8 Å². The molecule has 0 saturated carbocycles. The molecule has 0 bridgehead atoms. The lowest BCUT2D eigenvalue weighted by Crippen LogP contribution is -2.28. The molecule has 0 radical (unpaired) electrons. The molecule has 1 aromatic heterocycles. The first kappa shape index (κ1) is 19.1. The van der Waals surface area contributed by atoms with Crippen molar-refractivity contribution in [2.45, 2.75) is 18.6 Å². The third kappa shape index (κ3) is 7.01. The molecule has 7 heteroatoms. The lowest BCUT2D eigenvalue weighted by molar-refractivity contribution is -0.121. The molecule has 1 aromatic carbocycles. The smallest absolute Gasteiger partial charge is 0.286 e. The fourth-order valence-electron chi connectivity index (χ4n) is 2.09. The summed E-state index contributed by atoms with van der Waals surface area (Å²) in [6, 6.07) is 9.92. The summed E-state index contributed by atoms with van der Waals surface area (Å²) in [5.74, 6) is 1.03. The molecule has 2 aromatic rings. The van der Waals surface area contributed by atoms with Gasteiger partial charge in [-0.3, -0.25) is 9.59 Å². The van der Waals surface area contributed by atoms with Gasteiger partial charge in [0, 0.05) is 31.0 Å². The molecule has 0 atom stereocenters. The largest absolute Gasteiger partial charge is 0.459 e. The molecule has 1 heterocycles. The van der Waals surface area contributed by atoms with Crippen molar-refractivity contribution in [2.24, 2.45) is 0 Å². The zero-order valence-corrected chi connectivity index (χ0v) is 14.6. The maximum atomic E-state index is 13.4. The zero-order valence-electron chi connectivity index (χ0n) is 13.8. The quantitative estimate of drug-likeness (QED) is 0.636. The third-order valence-electron chi connectivity index (χ3n) is 3.40. The number of hydrogen-bond acceptors (Lipinski definition) is 4. The minimum absolute atomic E-state index is 0.0567. The number of carbonyl (C=O) groups is 2. The maximum Gasteiger partial charge on any atom is 0.286 e. The van der Waals surface area contributed by atoms with Gasteiger partial charge in [-0.05, 0) is 30.2 Å². The van der Waals surface area contributed by atoms with Crippen LogP contribution in [0.25, 0.3) is 0 Å². The van der Waals surface area contributed by atoms with Crippen molar-refractivity contribution < 1.29 is 18.4 Å². The van der Waals surface area contributed by atoms with Gasteiger partial charge in [0.25, 0.3) is 5.91 Å². The van der Waals surface area contributed by atoms with Crippen LogP contribution in [-0.2, 0) is 10.5 Å². The number of thioether (sulfide) groups is 1. The van der Waals surface area contributed by atoms with E-state index < -0.39 is 0 Å². The van der Waals surface area contributed by atoms with E-state index in [1.165, 1.54) is 12.3 Å². The number of benzene rings is 1. The Hall–Kier alpha value is -2.28. The van der Waals surface area contributed by atoms with Gasteiger partial charge in [-0.2, -0.15) is 11.8 Å². The molecule has 2 amide bonds. The molecule has 2 N–H and O–H groups in total. The SMILES string of the molecule is O=C(CCCNC(=O)c1ccco1)NCCSCc1ccccc1F. The summed E-state index contributed by atoms with van der Waals surface area (Å²) >= 11 is 1.57. The van der Waals surface area contributed by atoms with Crippen molar-refractivity contribution in [3.8, 4) is 0 Å². The van der Waals surface area contributed by atoms with E-state index in [2.05, 4.69) is 10.6 Å². The molecule has 0 saturated heterocycles. The molecule has 0 fully saturated rings. The van der Waals surface area contributed by atoms with Gasteiger partial charge in [0.05, 0.1) is 6.26 Å². The Bertz CT molecular complexity index is 677. The van der Waals surface area contributed by atoms with Gasteiger partial charge in [-0.25, -0.2) is 4.39 Å². The van der Waals surface area contributed by atoms with Crippen molar-refractivity contribution in [3.05, 3.63) is 59.8 Å². The maximum absolute atomic E-state index is 13.4. The third-order valence-corrected chi connectivity index (χ3v) is 4.40. The second kappa shape index (κ2) is 10.6. The van der Waals surface area contributed by atoms with Crippen LogP contribution in [0.3, 0.4) is 0 Å². The van der Waals surface area contributed by atoms with E-state index in [-0.39, 0.29) is 23.4 Å². The summed E-state index contributed by atoms with van der Waals surface area (Å²) in [6.45, 7) is 0.950. The fourth-order valence-corrected chi connectivity index (χ4v) is 2.94. The molecule has 0 spiro atoms. The average molecular weight is 364 g/mol. The van der Waals surface area contributed by atoms with Gasteiger partial charge in [-0.1, -0.05) is 18.2 Å². The minimum Gasteiger partial charge on any atom is -0.459 e. The zero-order chi connectivity index (χ0) is 17.9. The van der Waals surface area contributed by atoms with Crippen LogP contribution in [0, 0.1) is 5.82 Å². The first-order chi connectivity index (χ1) is 12.2. The summed E-state index contributed by atoms with van der Waals surface area (Å²) in [5, 5.41) is 5.50. The second-order valence-electron chi connectivity index (χ2n) is 5.33. The Morgan fingerprint density at radius 2 is 1.92 bits per heavy atom. The number of nitrogens with one attached hydrogen (secondary N) is 2. The van der Waals surface area contributed by atoms with Crippen LogP contribution < -0.4 is 10.6 Å². The molecule has 0 aliphatic rings. The Labute approximate surface area is 150 Å². The highest BCUT2D eigenvalue weighted by atomic mass is 32.2. The highest BCUT2D eigenvalue weighted by Crippen LogP contribution is 2.14. The summed E-state index contributed by atoms with van der Waals surface area (Å²) in [5.41, 5.74) is 0.672. The molecule has 5 nitrogen and oxygen atoms in total. The monoisotopic (exact) mass is 364 g/mol. The highest BCUT2D eigenvalue weighted by Gasteiger charge is 2.07. The number of furan rings is 1. The number of rotatable bonds is 10. The van der Waals surface area contributed by atoms with Crippen LogP contribution in [0.2, 0.25) is 0 Å². The van der Waals surface area contributed by atoms with Crippen LogP contribution in [0.1, 0.15) is 29.0 Å². The standard InChI is InChI=1S/C18H21FN2O3S/c19-15-6-2-1-5-14(15)13-25-12-10-20-17(22)8-3-9-21-18(23)16-7-4-11-24-16/h1-2,4-7,11H,3,8-10,12-13H2,(H,20,22)(H,21,23). The van der Waals surface area contributed by atoms with Gasteiger partial charge >= 0.3 is 0 Å². The van der Waals surface area contributed by atoms with E-state index >= 15 is 0 Å². The van der Waals surface area contributed by atoms with E-state index in [1.807, 2.05) is 6.07 Å². The predicted molar refractivity (Wildman–Crippen MR) is 95.8 cm³/mol. The van der Waals surface area contributed by atoms with E-state index in [0.29, 0.717) is 37.2 Å². The lowest BCUT2D eigenvalue weighted by atomic mass is 10.2. The van der Waals surface area contributed by atoms with Gasteiger partial charge in [0.15, 0.2) is 5.76 Å². The van der Waals surface area contributed by atoms with E-state index in [1.54, 1.807) is 36.0 Å². The normalized spacial score (nSPS) is 10.4. The predicted octanol–water partition coefficient (Wildman–Crippen LogP) is 2.98. The number of hydrogen-bond donors (Lipinski definition) is 2.